The third kappa shape index (κ3) is 5.23. The molecule has 22 heavy (non-hydrogen) atoms. The number of aromatic nitrogens is 1. The van der Waals surface area contributed by atoms with Gasteiger partial charge < -0.3 is 15.2 Å². The van der Waals surface area contributed by atoms with E-state index in [2.05, 4.69) is 10.6 Å². The Morgan fingerprint density at radius 3 is 2.50 bits per heavy atom. The molecule has 1 heterocycles. The Labute approximate surface area is 124 Å². The molecule has 0 fully saturated rings. The monoisotopic (exact) mass is 319 g/mol. The minimum atomic E-state index is -4.78. The molecule has 2 amide bonds. The van der Waals surface area contributed by atoms with Crippen LogP contribution in [-0.4, -0.2) is 29.5 Å². The molecule has 0 bridgehead atoms. The third-order valence-electron chi connectivity index (χ3n) is 2.66. The van der Waals surface area contributed by atoms with Gasteiger partial charge in [-0.2, -0.15) is 13.2 Å². The Hall–Kier alpha value is -2.32. The molecule has 1 aromatic rings. The molecule has 1 aromatic heterocycles. The number of pyridine rings is 1. The summed E-state index contributed by atoms with van der Waals surface area (Å²) in [4.78, 5) is 34.5. The summed E-state index contributed by atoms with van der Waals surface area (Å²) in [5.74, 6) is -1.14. The summed E-state index contributed by atoms with van der Waals surface area (Å²) < 4.78 is 38.4. The lowest BCUT2D eigenvalue weighted by molar-refractivity contribution is -0.139. The van der Waals surface area contributed by atoms with Crippen molar-refractivity contribution in [2.24, 2.45) is 0 Å². The van der Waals surface area contributed by atoms with Crippen molar-refractivity contribution in [3.05, 3.63) is 34.2 Å². The van der Waals surface area contributed by atoms with Crippen LogP contribution >= 0.6 is 0 Å². The van der Waals surface area contributed by atoms with Gasteiger partial charge in [0.15, 0.2) is 0 Å². The molecule has 9 heteroatoms. The Bertz CT molecular complexity index is 596. The molecule has 6 nitrogen and oxygen atoms in total. The van der Waals surface area contributed by atoms with Crippen LogP contribution in [0.4, 0.5) is 13.2 Å². The molecule has 122 valence electrons. The molecular formula is C13H16F3N3O3. The average molecular weight is 319 g/mol. The largest absolute Gasteiger partial charge is 0.421 e. The highest BCUT2D eigenvalue weighted by molar-refractivity contribution is 5.84. The van der Waals surface area contributed by atoms with Gasteiger partial charge in [-0.25, -0.2) is 0 Å². The van der Waals surface area contributed by atoms with Gasteiger partial charge in [-0.1, -0.05) is 6.92 Å². The Morgan fingerprint density at radius 1 is 1.23 bits per heavy atom. The topological polar surface area (TPSA) is 80.2 Å². The molecule has 0 saturated carbocycles. The van der Waals surface area contributed by atoms with Gasteiger partial charge in [0, 0.05) is 12.7 Å². The van der Waals surface area contributed by atoms with Crippen molar-refractivity contribution in [1.29, 1.82) is 0 Å². The number of rotatable bonds is 6. The lowest BCUT2D eigenvalue weighted by atomic mass is 10.2. The van der Waals surface area contributed by atoms with Crippen molar-refractivity contribution in [2.45, 2.75) is 26.1 Å². The van der Waals surface area contributed by atoms with Gasteiger partial charge in [0.1, 0.15) is 12.1 Å². The maximum atomic E-state index is 12.6. The quantitative estimate of drug-likeness (QED) is 0.802. The second-order valence-electron chi connectivity index (χ2n) is 4.48. The standard InChI is InChI=1S/C13H16F3N3O3/c1-2-5-17-10(20)7-18-11(21)8-19-6-3-4-9(12(19)22)13(14,15)16/h3-4,6H,2,5,7-8H2,1H3,(H,17,20)(H,18,21). The first-order valence-corrected chi connectivity index (χ1v) is 6.55. The van der Waals surface area contributed by atoms with Gasteiger partial charge in [0.05, 0.1) is 6.54 Å². The van der Waals surface area contributed by atoms with E-state index in [1.54, 1.807) is 0 Å². The minimum absolute atomic E-state index is 0.299. The summed E-state index contributed by atoms with van der Waals surface area (Å²) in [6, 6.07) is 1.68. The Kier molecular flexibility index (Phi) is 6.14. The summed E-state index contributed by atoms with van der Waals surface area (Å²) in [5.41, 5.74) is -2.65. The van der Waals surface area contributed by atoms with Crippen LogP contribution in [0.15, 0.2) is 23.1 Å². The third-order valence-corrected chi connectivity index (χ3v) is 2.66. The highest BCUT2D eigenvalue weighted by Gasteiger charge is 2.34. The first kappa shape index (κ1) is 17.7. The number of carbonyl (C=O) groups excluding carboxylic acids is 2. The average Bonchev–Trinajstić information content (AvgIpc) is 2.43. The van der Waals surface area contributed by atoms with Gasteiger partial charge >= 0.3 is 6.18 Å². The van der Waals surface area contributed by atoms with Crippen LogP contribution in [0.2, 0.25) is 0 Å². The van der Waals surface area contributed by atoms with E-state index in [9.17, 15) is 27.6 Å². The van der Waals surface area contributed by atoms with Crippen LogP contribution in [-0.2, 0) is 22.3 Å². The SMILES string of the molecule is CCCNC(=O)CNC(=O)Cn1cccc(C(F)(F)F)c1=O. The van der Waals surface area contributed by atoms with Crippen LogP contribution in [0, 0.1) is 0 Å². The minimum Gasteiger partial charge on any atom is -0.355 e. The van der Waals surface area contributed by atoms with Crippen molar-refractivity contribution in [2.75, 3.05) is 13.1 Å². The Morgan fingerprint density at radius 2 is 1.91 bits per heavy atom. The second kappa shape index (κ2) is 7.62. The molecule has 2 N–H and O–H groups in total. The van der Waals surface area contributed by atoms with Gasteiger partial charge in [-0.3, -0.25) is 14.4 Å². The van der Waals surface area contributed by atoms with Crippen molar-refractivity contribution in [3.63, 3.8) is 0 Å². The second-order valence-corrected chi connectivity index (χ2v) is 4.48. The number of halogens is 3. The van der Waals surface area contributed by atoms with Crippen LogP contribution in [0.25, 0.3) is 0 Å². The van der Waals surface area contributed by atoms with Crippen LogP contribution in [0.1, 0.15) is 18.9 Å². The fourth-order valence-corrected chi connectivity index (χ4v) is 1.59. The zero-order chi connectivity index (χ0) is 16.8. The normalized spacial score (nSPS) is 11.1. The van der Waals surface area contributed by atoms with E-state index in [1.807, 2.05) is 6.92 Å². The van der Waals surface area contributed by atoms with Crippen LogP contribution in [0.5, 0.6) is 0 Å². The number of nitrogens with zero attached hydrogens (tertiary/aromatic N) is 1. The Balaban J connectivity index is 2.66. The molecule has 0 aromatic carbocycles. The van der Waals surface area contributed by atoms with Crippen LogP contribution in [0.3, 0.4) is 0 Å². The zero-order valence-electron chi connectivity index (χ0n) is 11.9. The summed E-state index contributed by atoms with van der Waals surface area (Å²) in [6.45, 7) is 1.43. The number of nitrogens with one attached hydrogen (secondary N) is 2. The first-order valence-electron chi connectivity index (χ1n) is 6.55. The lowest BCUT2D eigenvalue weighted by Crippen LogP contribution is -2.40. The van der Waals surface area contributed by atoms with Gasteiger partial charge in [-0.05, 0) is 18.6 Å². The molecule has 0 saturated heterocycles. The fraction of sp³-hybridized carbons (Fsp3) is 0.462. The van der Waals surface area contributed by atoms with Crippen LogP contribution < -0.4 is 16.2 Å². The molecule has 0 aliphatic heterocycles. The van der Waals surface area contributed by atoms with Crippen molar-refractivity contribution < 1.29 is 22.8 Å². The molecule has 1 rings (SSSR count). The maximum absolute atomic E-state index is 12.6. The molecule has 0 atom stereocenters. The van der Waals surface area contributed by atoms with Gasteiger partial charge in [0.2, 0.25) is 11.8 Å². The van der Waals surface area contributed by atoms with E-state index in [4.69, 9.17) is 0 Å². The highest BCUT2D eigenvalue weighted by Crippen LogP contribution is 2.25. The number of hydrogen-bond donors (Lipinski definition) is 2. The molecule has 0 aliphatic carbocycles. The summed E-state index contributed by atoms with van der Waals surface area (Å²) >= 11 is 0. The van der Waals surface area contributed by atoms with Crippen molar-refractivity contribution in [3.8, 4) is 0 Å². The molecule has 0 radical (unpaired) electrons. The zero-order valence-corrected chi connectivity index (χ0v) is 11.9. The van der Waals surface area contributed by atoms with Crippen molar-refractivity contribution in [1.82, 2.24) is 15.2 Å². The number of hydrogen-bond acceptors (Lipinski definition) is 3. The van der Waals surface area contributed by atoms with E-state index in [0.717, 1.165) is 18.7 Å². The molecule has 0 unspecified atom stereocenters. The molecule has 0 aliphatic rings. The highest BCUT2D eigenvalue weighted by atomic mass is 19.4. The predicted molar refractivity (Wildman–Crippen MR) is 72.0 cm³/mol. The first-order chi connectivity index (χ1) is 10.3. The fourth-order valence-electron chi connectivity index (χ4n) is 1.59. The number of amides is 2. The van der Waals surface area contributed by atoms with E-state index < -0.39 is 35.7 Å². The lowest BCUT2D eigenvalue weighted by Gasteiger charge is -2.10. The molecule has 0 spiro atoms. The smallest absolute Gasteiger partial charge is 0.355 e. The molecular weight excluding hydrogens is 303 g/mol. The van der Waals surface area contributed by atoms with E-state index in [-0.39, 0.29) is 6.54 Å². The summed E-state index contributed by atoms with van der Waals surface area (Å²) in [7, 11) is 0. The maximum Gasteiger partial charge on any atom is 0.421 e. The predicted octanol–water partition coefficient (Wildman–Crippen LogP) is 0.509. The van der Waals surface area contributed by atoms with Crippen molar-refractivity contribution >= 4 is 11.8 Å². The van der Waals surface area contributed by atoms with Gasteiger partial charge in [0.25, 0.3) is 5.56 Å². The summed E-state index contributed by atoms with van der Waals surface area (Å²) in [5, 5.41) is 4.75. The number of alkyl halides is 3. The number of carbonyl (C=O) groups is 2. The summed E-state index contributed by atoms with van der Waals surface area (Å²) in [6.07, 6.45) is -2.97. The van der Waals surface area contributed by atoms with E-state index in [0.29, 0.717) is 17.2 Å². The van der Waals surface area contributed by atoms with Gasteiger partial charge in [-0.15, -0.1) is 0 Å². The van der Waals surface area contributed by atoms with E-state index in [1.165, 1.54) is 0 Å². The van der Waals surface area contributed by atoms with E-state index >= 15 is 0 Å².